The van der Waals surface area contributed by atoms with E-state index in [0.29, 0.717) is 6.54 Å². The van der Waals surface area contributed by atoms with E-state index in [2.05, 4.69) is 19.1 Å². The molecule has 2 N–H and O–H groups in total. The zero-order valence-corrected chi connectivity index (χ0v) is 11.2. The Hall–Kier alpha value is -1.02. The molecule has 0 aliphatic heterocycles. The van der Waals surface area contributed by atoms with Crippen molar-refractivity contribution in [1.29, 1.82) is 0 Å². The monoisotopic (exact) mass is 267 g/mol. The van der Waals surface area contributed by atoms with E-state index in [4.69, 9.17) is 17.3 Å². The van der Waals surface area contributed by atoms with Gasteiger partial charge in [0.25, 0.3) is 0 Å². The molecule has 1 nitrogen and oxygen atoms in total. The largest absolute Gasteiger partial charge is 0.326 e. The van der Waals surface area contributed by atoms with Crippen LogP contribution in [0.1, 0.15) is 11.1 Å². The first kappa shape index (κ1) is 14.0. The lowest BCUT2D eigenvalue weighted by Gasteiger charge is -2.10. The Morgan fingerprint density at radius 1 is 1.06 bits per heavy atom. The highest BCUT2D eigenvalue weighted by atomic mass is 35.5. The predicted octanol–water partition coefficient (Wildman–Crippen LogP) is 4.20. The van der Waals surface area contributed by atoms with Crippen molar-refractivity contribution in [2.24, 2.45) is 5.73 Å². The van der Waals surface area contributed by atoms with Crippen molar-refractivity contribution >= 4 is 24.0 Å². The summed E-state index contributed by atoms with van der Waals surface area (Å²) in [5.74, 6) is 0. The van der Waals surface area contributed by atoms with Gasteiger partial charge in [0.1, 0.15) is 0 Å². The zero-order chi connectivity index (χ0) is 11.5. The smallest absolute Gasteiger partial charge is 0.0406 e. The van der Waals surface area contributed by atoms with Crippen LogP contribution in [0, 0.1) is 6.92 Å². The van der Waals surface area contributed by atoms with Crippen molar-refractivity contribution in [3.8, 4) is 11.1 Å². The van der Waals surface area contributed by atoms with Crippen LogP contribution in [0.15, 0.2) is 42.5 Å². The second kappa shape index (κ2) is 6.06. The van der Waals surface area contributed by atoms with E-state index in [9.17, 15) is 0 Å². The lowest BCUT2D eigenvalue weighted by Crippen LogP contribution is -1.99. The lowest BCUT2D eigenvalue weighted by atomic mass is 9.96. The van der Waals surface area contributed by atoms with Gasteiger partial charge in [0.2, 0.25) is 0 Å². The van der Waals surface area contributed by atoms with Gasteiger partial charge in [-0.2, -0.15) is 0 Å². The van der Waals surface area contributed by atoms with Crippen LogP contribution >= 0.6 is 24.0 Å². The molecule has 2 aromatic carbocycles. The zero-order valence-electron chi connectivity index (χ0n) is 9.61. The molecular formula is C14H15Cl2N. The average molecular weight is 268 g/mol. The second-order valence-corrected chi connectivity index (χ2v) is 4.24. The molecule has 0 aliphatic carbocycles. The van der Waals surface area contributed by atoms with E-state index in [1.807, 2.05) is 30.3 Å². The number of nitrogens with two attached hydrogens (primary N) is 1. The van der Waals surface area contributed by atoms with Gasteiger partial charge >= 0.3 is 0 Å². The highest BCUT2D eigenvalue weighted by Gasteiger charge is 2.04. The molecule has 0 amide bonds. The predicted molar refractivity (Wildman–Crippen MR) is 76.8 cm³/mol. The molecule has 2 rings (SSSR count). The molecule has 90 valence electrons. The summed E-state index contributed by atoms with van der Waals surface area (Å²) in [6.45, 7) is 2.68. The third kappa shape index (κ3) is 3.01. The summed E-state index contributed by atoms with van der Waals surface area (Å²) in [6, 6.07) is 14.1. The van der Waals surface area contributed by atoms with Crippen LogP contribution in [0.3, 0.4) is 0 Å². The van der Waals surface area contributed by atoms with Crippen molar-refractivity contribution in [3.05, 3.63) is 58.6 Å². The molecule has 0 saturated heterocycles. The average Bonchev–Trinajstić information content (AvgIpc) is 2.31. The summed E-state index contributed by atoms with van der Waals surface area (Å²) >= 11 is 5.88. The van der Waals surface area contributed by atoms with E-state index in [0.717, 1.165) is 5.02 Å². The van der Waals surface area contributed by atoms with Crippen LogP contribution < -0.4 is 5.73 Å². The fourth-order valence-corrected chi connectivity index (χ4v) is 1.97. The Labute approximate surface area is 113 Å². The van der Waals surface area contributed by atoms with E-state index < -0.39 is 0 Å². The van der Waals surface area contributed by atoms with Crippen LogP contribution in [-0.2, 0) is 6.54 Å². The van der Waals surface area contributed by atoms with Gasteiger partial charge in [-0.1, -0.05) is 41.9 Å². The minimum absolute atomic E-state index is 0. The van der Waals surface area contributed by atoms with Crippen LogP contribution in [0.25, 0.3) is 11.1 Å². The SMILES string of the molecule is Cc1c(CN)cccc1-c1ccc(Cl)cc1.Cl. The standard InChI is InChI=1S/C14H14ClN.ClH/c1-10-12(9-16)3-2-4-14(10)11-5-7-13(15)8-6-11;/h2-8H,9,16H2,1H3;1H. The van der Waals surface area contributed by atoms with Crippen LogP contribution in [0.4, 0.5) is 0 Å². The van der Waals surface area contributed by atoms with E-state index >= 15 is 0 Å². The minimum Gasteiger partial charge on any atom is -0.326 e. The maximum Gasteiger partial charge on any atom is 0.0406 e. The molecule has 0 unspecified atom stereocenters. The van der Waals surface area contributed by atoms with Gasteiger partial charge in [-0.15, -0.1) is 12.4 Å². The Bertz CT molecular complexity index is 492. The fourth-order valence-electron chi connectivity index (χ4n) is 1.85. The van der Waals surface area contributed by atoms with Crippen LogP contribution in [0.5, 0.6) is 0 Å². The third-order valence-electron chi connectivity index (χ3n) is 2.82. The third-order valence-corrected chi connectivity index (χ3v) is 3.07. The minimum atomic E-state index is 0. The molecule has 0 spiro atoms. The first-order valence-corrected chi connectivity index (χ1v) is 5.64. The molecule has 0 bridgehead atoms. The maximum absolute atomic E-state index is 5.88. The fraction of sp³-hybridized carbons (Fsp3) is 0.143. The van der Waals surface area contributed by atoms with Gasteiger partial charge in [0.05, 0.1) is 0 Å². The van der Waals surface area contributed by atoms with E-state index in [1.165, 1.54) is 22.3 Å². The van der Waals surface area contributed by atoms with Gasteiger partial charge in [0.15, 0.2) is 0 Å². The molecule has 0 aliphatic rings. The normalized spacial score (nSPS) is 9.82. The molecule has 17 heavy (non-hydrogen) atoms. The Morgan fingerprint density at radius 3 is 2.29 bits per heavy atom. The topological polar surface area (TPSA) is 26.0 Å². The van der Waals surface area contributed by atoms with Crippen molar-refractivity contribution in [1.82, 2.24) is 0 Å². The number of halogens is 2. The van der Waals surface area contributed by atoms with Gasteiger partial charge in [-0.3, -0.25) is 0 Å². The quantitative estimate of drug-likeness (QED) is 0.868. The summed E-state index contributed by atoms with van der Waals surface area (Å²) in [5.41, 5.74) is 10.5. The van der Waals surface area contributed by atoms with Crippen molar-refractivity contribution in [2.45, 2.75) is 13.5 Å². The molecule has 3 heteroatoms. The van der Waals surface area contributed by atoms with E-state index in [-0.39, 0.29) is 12.4 Å². The second-order valence-electron chi connectivity index (χ2n) is 3.80. The van der Waals surface area contributed by atoms with Crippen LogP contribution in [0.2, 0.25) is 5.02 Å². The molecule has 0 fully saturated rings. The number of hydrogen-bond donors (Lipinski definition) is 1. The van der Waals surface area contributed by atoms with E-state index in [1.54, 1.807) is 0 Å². The summed E-state index contributed by atoms with van der Waals surface area (Å²) < 4.78 is 0. The maximum atomic E-state index is 5.88. The highest BCUT2D eigenvalue weighted by Crippen LogP contribution is 2.26. The molecule has 0 atom stereocenters. The van der Waals surface area contributed by atoms with Crippen LogP contribution in [-0.4, -0.2) is 0 Å². The Kier molecular flexibility index (Phi) is 5.01. The summed E-state index contributed by atoms with van der Waals surface area (Å²) in [7, 11) is 0. The van der Waals surface area contributed by atoms with Gasteiger partial charge in [-0.05, 0) is 41.3 Å². The molecule has 0 heterocycles. The van der Waals surface area contributed by atoms with Crippen molar-refractivity contribution in [3.63, 3.8) is 0 Å². The highest BCUT2D eigenvalue weighted by molar-refractivity contribution is 6.30. The first-order chi connectivity index (χ1) is 7.72. The van der Waals surface area contributed by atoms with Crippen molar-refractivity contribution < 1.29 is 0 Å². The first-order valence-electron chi connectivity index (χ1n) is 5.27. The summed E-state index contributed by atoms with van der Waals surface area (Å²) in [6.07, 6.45) is 0. The Morgan fingerprint density at radius 2 is 1.71 bits per heavy atom. The van der Waals surface area contributed by atoms with Crippen molar-refractivity contribution in [2.75, 3.05) is 0 Å². The van der Waals surface area contributed by atoms with Gasteiger partial charge in [-0.25, -0.2) is 0 Å². The molecule has 0 radical (unpaired) electrons. The summed E-state index contributed by atoms with van der Waals surface area (Å²) in [4.78, 5) is 0. The number of rotatable bonds is 2. The molecular weight excluding hydrogens is 253 g/mol. The Balaban J connectivity index is 0.00000144. The molecule has 0 saturated carbocycles. The molecule has 0 aromatic heterocycles. The lowest BCUT2D eigenvalue weighted by molar-refractivity contribution is 1.05. The van der Waals surface area contributed by atoms with Gasteiger partial charge in [0, 0.05) is 11.6 Å². The summed E-state index contributed by atoms with van der Waals surface area (Å²) in [5, 5.41) is 0.761. The number of hydrogen-bond acceptors (Lipinski definition) is 1. The van der Waals surface area contributed by atoms with Gasteiger partial charge < -0.3 is 5.73 Å². The molecule has 2 aromatic rings. The number of benzene rings is 2.